The van der Waals surface area contributed by atoms with Crippen molar-refractivity contribution < 1.29 is 9.90 Å². The van der Waals surface area contributed by atoms with Gasteiger partial charge in [-0.3, -0.25) is 4.68 Å². The molecule has 94 valence electrons. The highest BCUT2D eigenvalue weighted by molar-refractivity contribution is 5.92. The van der Waals surface area contributed by atoms with Gasteiger partial charge in [-0.2, -0.15) is 5.10 Å². The molecule has 2 aromatic rings. The Morgan fingerprint density at radius 1 is 1.44 bits per heavy atom. The van der Waals surface area contributed by atoms with Gasteiger partial charge in [0.15, 0.2) is 0 Å². The first kappa shape index (κ1) is 12.1. The lowest BCUT2D eigenvalue weighted by Gasteiger charge is -2.08. The number of hydrogen-bond donors (Lipinski definition) is 2. The van der Waals surface area contributed by atoms with E-state index in [4.69, 9.17) is 5.11 Å². The first-order chi connectivity index (χ1) is 8.68. The maximum absolute atomic E-state index is 11.0. The molecular weight excluding hydrogens is 232 g/mol. The van der Waals surface area contributed by atoms with Crippen molar-refractivity contribution in [3.63, 3.8) is 0 Å². The normalized spacial score (nSPS) is 10.3. The number of carboxylic acids is 1. The molecule has 6 heteroatoms. The third-order valence-electron chi connectivity index (χ3n) is 2.63. The van der Waals surface area contributed by atoms with Crippen LogP contribution in [0.3, 0.4) is 0 Å². The second-order valence-electron chi connectivity index (χ2n) is 3.83. The van der Waals surface area contributed by atoms with Crippen LogP contribution in [0.2, 0.25) is 0 Å². The summed E-state index contributed by atoms with van der Waals surface area (Å²) in [6, 6.07) is 5.07. The van der Waals surface area contributed by atoms with Crippen LogP contribution in [0, 0.1) is 0 Å². The highest BCUT2D eigenvalue weighted by atomic mass is 16.4. The summed E-state index contributed by atoms with van der Waals surface area (Å²) in [6.45, 7) is 0.608. The Bertz CT molecular complexity index is 551. The largest absolute Gasteiger partial charge is 0.478 e. The summed E-state index contributed by atoms with van der Waals surface area (Å²) in [6.07, 6.45) is 4.06. The van der Waals surface area contributed by atoms with Crippen LogP contribution in [0.5, 0.6) is 0 Å². The molecule has 0 saturated carbocycles. The van der Waals surface area contributed by atoms with Crippen molar-refractivity contribution in [1.82, 2.24) is 14.8 Å². The van der Waals surface area contributed by atoms with Gasteiger partial charge < -0.3 is 10.4 Å². The summed E-state index contributed by atoms with van der Waals surface area (Å²) in [5, 5.41) is 16.1. The number of aromatic carboxylic acids is 1. The molecule has 0 aromatic carbocycles. The van der Waals surface area contributed by atoms with Crippen LogP contribution < -0.4 is 5.32 Å². The average Bonchev–Trinajstić information content (AvgIpc) is 2.76. The lowest BCUT2D eigenvalue weighted by Crippen LogP contribution is -2.12. The lowest BCUT2D eigenvalue weighted by atomic mass is 10.2. The Morgan fingerprint density at radius 2 is 2.28 bits per heavy atom. The van der Waals surface area contributed by atoms with E-state index in [1.54, 1.807) is 23.1 Å². The number of nitrogens with one attached hydrogen (secondary N) is 1. The van der Waals surface area contributed by atoms with Gasteiger partial charge >= 0.3 is 5.97 Å². The van der Waals surface area contributed by atoms with Gasteiger partial charge in [0.05, 0.1) is 0 Å². The molecule has 0 fully saturated rings. The lowest BCUT2D eigenvalue weighted by molar-refractivity contribution is 0.0697. The number of hydrogen-bond acceptors (Lipinski definition) is 4. The maximum Gasteiger partial charge on any atom is 0.339 e. The molecular formula is C12H14N4O2. The third-order valence-corrected chi connectivity index (χ3v) is 2.63. The van der Waals surface area contributed by atoms with Gasteiger partial charge in [0.2, 0.25) is 0 Å². The van der Waals surface area contributed by atoms with E-state index in [9.17, 15) is 4.79 Å². The van der Waals surface area contributed by atoms with Gasteiger partial charge in [0.1, 0.15) is 11.4 Å². The molecule has 18 heavy (non-hydrogen) atoms. The number of aryl methyl sites for hydroxylation is 1. The topological polar surface area (TPSA) is 80.0 Å². The predicted molar refractivity (Wildman–Crippen MR) is 66.6 cm³/mol. The molecule has 2 aromatic heterocycles. The highest BCUT2D eigenvalue weighted by Crippen LogP contribution is 2.11. The Kier molecular flexibility index (Phi) is 3.57. The quantitative estimate of drug-likeness (QED) is 0.827. The predicted octanol–water partition coefficient (Wildman–Crippen LogP) is 1.17. The van der Waals surface area contributed by atoms with Crippen molar-refractivity contribution in [2.45, 2.75) is 6.42 Å². The maximum atomic E-state index is 11.0. The van der Waals surface area contributed by atoms with Crippen molar-refractivity contribution in [1.29, 1.82) is 0 Å². The highest BCUT2D eigenvalue weighted by Gasteiger charge is 2.09. The molecule has 0 spiro atoms. The van der Waals surface area contributed by atoms with Crippen molar-refractivity contribution >= 4 is 11.8 Å². The zero-order valence-electron chi connectivity index (χ0n) is 10.00. The number of pyridine rings is 1. The fourth-order valence-corrected chi connectivity index (χ4v) is 1.67. The Balaban J connectivity index is 1.99. The van der Waals surface area contributed by atoms with Gasteiger partial charge in [-0.05, 0) is 18.2 Å². The van der Waals surface area contributed by atoms with Crippen LogP contribution in [-0.2, 0) is 13.5 Å². The summed E-state index contributed by atoms with van der Waals surface area (Å²) >= 11 is 0. The van der Waals surface area contributed by atoms with Crippen LogP contribution in [-0.4, -0.2) is 32.4 Å². The number of carboxylic acid groups (broad SMARTS) is 1. The minimum atomic E-state index is -0.980. The van der Waals surface area contributed by atoms with Crippen LogP contribution >= 0.6 is 0 Å². The molecule has 6 nitrogen and oxygen atoms in total. The van der Waals surface area contributed by atoms with Crippen molar-refractivity contribution in [2.24, 2.45) is 7.05 Å². The van der Waals surface area contributed by atoms with Crippen molar-refractivity contribution in [3.05, 3.63) is 41.9 Å². The van der Waals surface area contributed by atoms with Gasteiger partial charge in [-0.15, -0.1) is 0 Å². The number of nitrogens with zero attached hydrogens (tertiary/aromatic N) is 3. The van der Waals surface area contributed by atoms with E-state index >= 15 is 0 Å². The number of carbonyl (C=O) groups is 1. The summed E-state index contributed by atoms with van der Waals surface area (Å²) in [7, 11) is 1.87. The van der Waals surface area contributed by atoms with Gasteiger partial charge in [-0.25, -0.2) is 9.78 Å². The van der Waals surface area contributed by atoms with Crippen LogP contribution in [0.1, 0.15) is 16.1 Å². The molecule has 0 saturated heterocycles. The van der Waals surface area contributed by atoms with E-state index in [-0.39, 0.29) is 5.56 Å². The van der Waals surface area contributed by atoms with Crippen molar-refractivity contribution in [2.75, 3.05) is 11.9 Å². The smallest absolute Gasteiger partial charge is 0.339 e. The molecule has 0 aliphatic carbocycles. The standard InChI is InChI=1S/C12H14N4O2/c1-16-9(5-8-15-16)4-7-14-11-10(12(17)18)3-2-6-13-11/h2-3,5-6,8H,4,7H2,1H3,(H,13,14)(H,17,18). The minimum Gasteiger partial charge on any atom is -0.478 e. The Labute approximate surface area is 104 Å². The fraction of sp³-hybridized carbons (Fsp3) is 0.250. The van der Waals surface area contributed by atoms with Crippen LogP contribution in [0.25, 0.3) is 0 Å². The molecule has 0 unspecified atom stereocenters. The molecule has 0 atom stereocenters. The van der Waals surface area contributed by atoms with Gasteiger partial charge in [0, 0.05) is 38.1 Å². The first-order valence-electron chi connectivity index (χ1n) is 5.57. The monoisotopic (exact) mass is 246 g/mol. The van der Waals surface area contributed by atoms with E-state index in [0.717, 1.165) is 12.1 Å². The van der Waals surface area contributed by atoms with Gasteiger partial charge in [-0.1, -0.05) is 0 Å². The summed E-state index contributed by atoms with van der Waals surface area (Å²) in [4.78, 5) is 15.0. The zero-order valence-corrected chi connectivity index (χ0v) is 10.00. The SMILES string of the molecule is Cn1nccc1CCNc1ncccc1C(=O)O. The Hall–Kier alpha value is -2.37. The molecule has 2 rings (SSSR count). The molecule has 0 radical (unpaired) electrons. The van der Waals surface area contributed by atoms with Crippen LogP contribution in [0.15, 0.2) is 30.6 Å². The number of anilines is 1. The number of rotatable bonds is 5. The minimum absolute atomic E-state index is 0.183. The summed E-state index contributed by atoms with van der Waals surface area (Å²) < 4.78 is 1.79. The second kappa shape index (κ2) is 5.31. The summed E-state index contributed by atoms with van der Waals surface area (Å²) in [5.74, 6) is -0.585. The van der Waals surface area contributed by atoms with Crippen LogP contribution in [0.4, 0.5) is 5.82 Å². The molecule has 0 bridgehead atoms. The third kappa shape index (κ3) is 2.65. The number of aromatic nitrogens is 3. The molecule has 0 aliphatic heterocycles. The summed E-state index contributed by atoms with van der Waals surface area (Å²) in [5.41, 5.74) is 1.26. The van der Waals surface area contributed by atoms with E-state index in [1.807, 2.05) is 13.1 Å². The van der Waals surface area contributed by atoms with E-state index in [1.165, 1.54) is 6.07 Å². The Morgan fingerprint density at radius 3 is 2.94 bits per heavy atom. The van der Waals surface area contributed by atoms with E-state index in [2.05, 4.69) is 15.4 Å². The average molecular weight is 246 g/mol. The first-order valence-corrected chi connectivity index (χ1v) is 5.57. The molecule has 2 N–H and O–H groups in total. The van der Waals surface area contributed by atoms with E-state index in [0.29, 0.717) is 12.4 Å². The van der Waals surface area contributed by atoms with Gasteiger partial charge in [0.25, 0.3) is 0 Å². The van der Waals surface area contributed by atoms with E-state index < -0.39 is 5.97 Å². The van der Waals surface area contributed by atoms with Crippen molar-refractivity contribution in [3.8, 4) is 0 Å². The molecule has 0 aliphatic rings. The fourth-order valence-electron chi connectivity index (χ4n) is 1.67. The zero-order chi connectivity index (χ0) is 13.0. The second-order valence-corrected chi connectivity index (χ2v) is 3.83. The molecule has 0 amide bonds. The molecule has 2 heterocycles.